The molecular weight excluding hydrogens is 360 g/mol. The number of aliphatic hydroxyl groups excluding tert-OH is 1. The third-order valence-corrected chi connectivity index (χ3v) is 5.00. The standard InChI is InChI=1S/C22H20O6/c23-16-7-6-13(9-19(16)26)21-20(27)10-15-18(25)11-17(24)14(22(15)28-21)8-12-4-2-1-3-5-12/h1-7,9,11,20-21,23-27H,8,10H2/t20-,21+/m0/s1. The summed E-state index contributed by atoms with van der Waals surface area (Å²) in [6.45, 7) is 0. The molecule has 6 nitrogen and oxygen atoms in total. The maximum atomic E-state index is 10.6. The van der Waals surface area contributed by atoms with E-state index in [-0.39, 0.29) is 29.4 Å². The van der Waals surface area contributed by atoms with Crippen molar-refractivity contribution in [3.05, 3.63) is 76.9 Å². The van der Waals surface area contributed by atoms with E-state index in [9.17, 15) is 25.5 Å². The summed E-state index contributed by atoms with van der Waals surface area (Å²) in [5.41, 5.74) is 2.37. The molecule has 0 saturated heterocycles. The zero-order valence-corrected chi connectivity index (χ0v) is 14.9. The van der Waals surface area contributed by atoms with Gasteiger partial charge in [0.1, 0.15) is 23.4 Å². The molecule has 0 bridgehead atoms. The van der Waals surface area contributed by atoms with Crippen molar-refractivity contribution in [2.75, 3.05) is 0 Å². The van der Waals surface area contributed by atoms with Crippen molar-refractivity contribution in [2.24, 2.45) is 0 Å². The Bertz CT molecular complexity index is 1020. The van der Waals surface area contributed by atoms with Crippen LogP contribution in [0.4, 0.5) is 0 Å². The summed E-state index contributed by atoms with van der Waals surface area (Å²) < 4.78 is 6.03. The molecule has 0 amide bonds. The lowest BCUT2D eigenvalue weighted by atomic mass is 9.90. The van der Waals surface area contributed by atoms with Crippen LogP contribution < -0.4 is 4.74 Å². The molecule has 144 valence electrons. The van der Waals surface area contributed by atoms with Crippen LogP contribution in [-0.4, -0.2) is 31.6 Å². The van der Waals surface area contributed by atoms with Gasteiger partial charge in [0.05, 0.1) is 6.10 Å². The van der Waals surface area contributed by atoms with Crippen molar-refractivity contribution in [2.45, 2.75) is 25.0 Å². The fraction of sp³-hybridized carbons (Fsp3) is 0.182. The second kappa shape index (κ2) is 6.98. The predicted molar refractivity (Wildman–Crippen MR) is 102 cm³/mol. The van der Waals surface area contributed by atoms with Crippen molar-refractivity contribution in [1.29, 1.82) is 0 Å². The first-order valence-electron chi connectivity index (χ1n) is 8.91. The van der Waals surface area contributed by atoms with E-state index in [0.29, 0.717) is 28.9 Å². The molecule has 28 heavy (non-hydrogen) atoms. The van der Waals surface area contributed by atoms with E-state index in [1.54, 1.807) is 6.07 Å². The lowest BCUT2D eigenvalue weighted by Crippen LogP contribution is -2.31. The molecule has 0 fully saturated rings. The topological polar surface area (TPSA) is 110 Å². The first-order chi connectivity index (χ1) is 13.4. The second-order valence-electron chi connectivity index (χ2n) is 6.92. The first kappa shape index (κ1) is 18.0. The number of aromatic hydroxyl groups is 4. The summed E-state index contributed by atoms with van der Waals surface area (Å²) in [5, 5.41) is 50.6. The first-order valence-corrected chi connectivity index (χ1v) is 8.91. The highest BCUT2D eigenvalue weighted by molar-refractivity contribution is 5.59. The van der Waals surface area contributed by atoms with Gasteiger partial charge in [-0.25, -0.2) is 0 Å². The minimum absolute atomic E-state index is 0.0937. The van der Waals surface area contributed by atoms with Crippen molar-refractivity contribution in [3.63, 3.8) is 0 Å². The smallest absolute Gasteiger partial charge is 0.157 e. The fourth-order valence-electron chi connectivity index (χ4n) is 3.56. The summed E-state index contributed by atoms with van der Waals surface area (Å²) in [6.07, 6.45) is -1.29. The van der Waals surface area contributed by atoms with Crippen LogP contribution in [-0.2, 0) is 12.8 Å². The largest absolute Gasteiger partial charge is 0.507 e. The summed E-state index contributed by atoms with van der Waals surface area (Å²) in [5.74, 6) is -0.500. The third kappa shape index (κ3) is 3.18. The van der Waals surface area contributed by atoms with Gasteiger partial charge in [-0.2, -0.15) is 0 Å². The SMILES string of the molecule is Oc1ccc([C@H]2Oc3c(Cc4ccccc4)c(O)cc(O)c3C[C@@H]2O)cc1O. The molecule has 1 aliphatic heterocycles. The van der Waals surface area contributed by atoms with E-state index in [4.69, 9.17) is 4.74 Å². The molecule has 0 aromatic heterocycles. The highest BCUT2D eigenvalue weighted by Crippen LogP contribution is 2.46. The molecule has 4 rings (SSSR count). The van der Waals surface area contributed by atoms with Gasteiger partial charge >= 0.3 is 0 Å². The molecule has 1 heterocycles. The van der Waals surface area contributed by atoms with Crippen LogP contribution in [0.2, 0.25) is 0 Å². The minimum Gasteiger partial charge on any atom is -0.507 e. The Labute approximate surface area is 161 Å². The van der Waals surface area contributed by atoms with Gasteiger partial charge in [0.25, 0.3) is 0 Å². The maximum absolute atomic E-state index is 10.6. The van der Waals surface area contributed by atoms with E-state index in [1.807, 2.05) is 30.3 Å². The summed E-state index contributed by atoms with van der Waals surface area (Å²) in [4.78, 5) is 0. The number of ether oxygens (including phenoxy) is 1. The van der Waals surface area contributed by atoms with Crippen LogP contribution >= 0.6 is 0 Å². The lowest BCUT2D eigenvalue weighted by Gasteiger charge is -2.33. The fourth-order valence-corrected chi connectivity index (χ4v) is 3.56. The van der Waals surface area contributed by atoms with Crippen molar-refractivity contribution in [3.8, 4) is 28.7 Å². The monoisotopic (exact) mass is 380 g/mol. The zero-order valence-electron chi connectivity index (χ0n) is 14.9. The van der Waals surface area contributed by atoms with Gasteiger partial charge in [-0.3, -0.25) is 0 Å². The third-order valence-electron chi connectivity index (χ3n) is 5.00. The average Bonchev–Trinajstić information content (AvgIpc) is 2.68. The van der Waals surface area contributed by atoms with Gasteiger partial charge < -0.3 is 30.3 Å². The van der Waals surface area contributed by atoms with E-state index in [1.165, 1.54) is 18.2 Å². The van der Waals surface area contributed by atoms with Crippen LogP contribution in [0.5, 0.6) is 28.7 Å². The average molecular weight is 380 g/mol. The molecule has 6 heteroatoms. The molecule has 0 saturated carbocycles. The van der Waals surface area contributed by atoms with Crippen molar-refractivity contribution >= 4 is 0 Å². The van der Waals surface area contributed by atoms with E-state index in [2.05, 4.69) is 0 Å². The van der Waals surface area contributed by atoms with E-state index >= 15 is 0 Å². The number of phenols is 4. The van der Waals surface area contributed by atoms with Crippen LogP contribution in [0.1, 0.15) is 28.4 Å². The molecule has 3 aromatic carbocycles. The molecule has 3 aromatic rings. The van der Waals surface area contributed by atoms with Gasteiger partial charge in [-0.15, -0.1) is 0 Å². The number of phenolic OH excluding ortho intramolecular Hbond substituents is 4. The predicted octanol–water partition coefficient (Wildman–Crippen LogP) is 3.14. The summed E-state index contributed by atoms with van der Waals surface area (Å²) in [7, 11) is 0. The van der Waals surface area contributed by atoms with Crippen LogP contribution in [0, 0.1) is 0 Å². The number of aliphatic hydroxyl groups is 1. The summed E-state index contributed by atoms with van der Waals surface area (Å²) >= 11 is 0. The number of fused-ring (bicyclic) bond motifs is 1. The Hall–Kier alpha value is -3.38. The van der Waals surface area contributed by atoms with Gasteiger partial charge in [0.2, 0.25) is 0 Å². The molecular formula is C22H20O6. The van der Waals surface area contributed by atoms with Crippen LogP contribution in [0.3, 0.4) is 0 Å². The highest BCUT2D eigenvalue weighted by Gasteiger charge is 2.34. The molecule has 1 aliphatic rings. The Morgan fingerprint density at radius 3 is 2.29 bits per heavy atom. The maximum Gasteiger partial charge on any atom is 0.157 e. The highest BCUT2D eigenvalue weighted by atomic mass is 16.5. The number of rotatable bonds is 3. The molecule has 0 spiro atoms. The Balaban J connectivity index is 1.77. The number of hydrogen-bond donors (Lipinski definition) is 5. The molecule has 0 radical (unpaired) electrons. The van der Waals surface area contributed by atoms with E-state index < -0.39 is 12.2 Å². The molecule has 5 N–H and O–H groups in total. The van der Waals surface area contributed by atoms with Gasteiger partial charge in [0.15, 0.2) is 11.5 Å². The molecule has 2 atom stereocenters. The van der Waals surface area contributed by atoms with Gasteiger partial charge in [0, 0.05) is 30.0 Å². The Morgan fingerprint density at radius 2 is 1.57 bits per heavy atom. The van der Waals surface area contributed by atoms with Gasteiger partial charge in [-0.1, -0.05) is 36.4 Å². The number of hydrogen-bond acceptors (Lipinski definition) is 6. The van der Waals surface area contributed by atoms with Gasteiger partial charge in [-0.05, 0) is 23.3 Å². The number of benzene rings is 3. The van der Waals surface area contributed by atoms with Crippen molar-refractivity contribution in [1.82, 2.24) is 0 Å². The normalized spacial score (nSPS) is 18.3. The van der Waals surface area contributed by atoms with E-state index in [0.717, 1.165) is 5.56 Å². The quantitative estimate of drug-likeness (QED) is 0.447. The lowest BCUT2D eigenvalue weighted by molar-refractivity contribution is 0.0190. The molecule has 0 aliphatic carbocycles. The summed E-state index contributed by atoms with van der Waals surface area (Å²) in [6, 6.07) is 15.0. The second-order valence-corrected chi connectivity index (χ2v) is 6.92. The Kier molecular flexibility index (Phi) is 4.49. The van der Waals surface area contributed by atoms with Crippen LogP contribution in [0.25, 0.3) is 0 Å². The van der Waals surface area contributed by atoms with Crippen molar-refractivity contribution < 1.29 is 30.3 Å². The minimum atomic E-state index is -0.975. The Morgan fingerprint density at radius 1 is 0.821 bits per heavy atom. The van der Waals surface area contributed by atoms with Crippen LogP contribution in [0.15, 0.2) is 54.6 Å². The molecule has 0 unspecified atom stereocenters. The zero-order chi connectivity index (χ0) is 19.8.